The summed E-state index contributed by atoms with van der Waals surface area (Å²) in [5.41, 5.74) is 2.11. The van der Waals surface area contributed by atoms with Gasteiger partial charge in [-0.15, -0.1) is 0 Å². The number of hydrogen-bond donors (Lipinski definition) is 1. The normalized spacial score (nSPS) is 12.7. The summed E-state index contributed by atoms with van der Waals surface area (Å²) in [5.74, 6) is 0. The molecule has 0 radical (unpaired) electrons. The molecule has 0 amide bonds. The van der Waals surface area contributed by atoms with Crippen LogP contribution in [0.1, 0.15) is 23.2 Å². The van der Waals surface area contributed by atoms with E-state index in [2.05, 4.69) is 10.1 Å². The fourth-order valence-corrected chi connectivity index (χ4v) is 2.12. The van der Waals surface area contributed by atoms with Crippen LogP contribution >= 0.6 is 23.2 Å². The first-order valence-electron chi connectivity index (χ1n) is 5.46. The van der Waals surface area contributed by atoms with E-state index in [9.17, 15) is 5.11 Å². The van der Waals surface area contributed by atoms with Gasteiger partial charge in [0.2, 0.25) is 0 Å². The second kappa shape index (κ2) is 5.26. The molecule has 0 saturated carbocycles. The molecule has 0 aliphatic carbocycles. The van der Waals surface area contributed by atoms with Gasteiger partial charge in [0.25, 0.3) is 0 Å². The van der Waals surface area contributed by atoms with Crippen molar-refractivity contribution in [2.45, 2.75) is 19.4 Å². The van der Waals surface area contributed by atoms with Crippen LogP contribution in [-0.4, -0.2) is 19.9 Å². The highest BCUT2D eigenvalue weighted by molar-refractivity contribution is 6.31. The van der Waals surface area contributed by atoms with Crippen LogP contribution in [0.15, 0.2) is 18.3 Å². The number of halogens is 2. The molecule has 1 atom stereocenters. The van der Waals surface area contributed by atoms with Gasteiger partial charge in [0.05, 0.1) is 27.1 Å². The smallest absolute Gasteiger partial charge is 0.101 e. The fourth-order valence-electron chi connectivity index (χ4n) is 1.77. The lowest BCUT2D eigenvalue weighted by Gasteiger charge is -2.10. The Labute approximate surface area is 115 Å². The molecule has 0 aliphatic rings. The number of aromatic nitrogens is 3. The Bertz CT molecular complexity index is 551. The number of aryl methyl sites for hydroxylation is 2. The van der Waals surface area contributed by atoms with Crippen LogP contribution in [0.25, 0.3) is 0 Å². The zero-order chi connectivity index (χ0) is 13.3. The number of rotatable bonds is 3. The van der Waals surface area contributed by atoms with E-state index < -0.39 is 6.10 Å². The van der Waals surface area contributed by atoms with Gasteiger partial charge < -0.3 is 5.11 Å². The Hall–Kier alpha value is -1.10. The van der Waals surface area contributed by atoms with Crippen LogP contribution in [0, 0.1) is 6.92 Å². The molecule has 1 N–H and O–H groups in total. The van der Waals surface area contributed by atoms with Crippen LogP contribution in [0.4, 0.5) is 0 Å². The van der Waals surface area contributed by atoms with Crippen molar-refractivity contribution in [3.63, 3.8) is 0 Å². The van der Waals surface area contributed by atoms with E-state index in [-0.39, 0.29) is 0 Å². The Morgan fingerprint density at radius 2 is 2.11 bits per heavy atom. The van der Waals surface area contributed by atoms with Crippen molar-refractivity contribution in [3.05, 3.63) is 45.5 Å². The third-order valence-corrected chi connectivity index (χ3v) is 3.46. The zero-order valence-corrected chi connectivity index (χ0v) is 11.6. The molecule has 96 valence electrons. The Morgan fingerprint density at radius 1 is 1.39 bits per heavy atom. The van der Waals surface area contributed by atoms with E-state index in [4.69, 9.17) is 23.2 Å². The molecule has 0 saturated heterocycles. The topological polar surface area (TPSA) is 50.9 Å². The van der Waals surface area contributed by atoms with E-state index in [0.29, 0.717) is 22.2 Å². The van der Waals surface area contributed by atoms with Crippen LogP contribution in [0.2, 0.25) is 10.0 Å². The molecular weight excluding hydrogens is 273 g/mol. The maximum Gasteiger partial charge on any atom is 0.101 e. The van der Waals surface area contributed by atoms with Gasteiger partial charge in [-0.3, -0.25) is 9.67 Å². The average molecular weight is 286 g/mol. The Balaban J connectivity index is 2.21. The van der Waals surface area contributed by atoms with E-state index in [1.807, 2.05) is 6.92 Å². The fraction of sp³-hybridized carbons (Fsp3) is 0.333. The second-order valence-corrected chi connectivity index (χ2v) is 4.91. The molecule has 2 heterocycles. The standard InChI is InChI=1S/C12H13Cl2N3O/c1-7-12(14)10(17(2)16-7)5-11(18)9-4-3-8(13)6-15-9/h3-4,6,11,18H,5H2,1-2H3. The maximum atomic E-state index is 10.1. The SMILES string of the molecule is Cc1nn(C)c(CC(O)c2ccc(Cl)cn2)c1Cl. The van der Waals surface area contributed by atoms with Gasteiger partial charge in [0, 0.05) is 19.7 Å². The summed E-state index contributed by atoms with van der Waals surface area (Å²) in [6, 6.07) is 3.40. The summed E-state index contributed by atoms with van der Waals surface area (Å²) in [6.45, 7) is 1.83. The third-order valence-electron chi connectivity index (χ3n) is 2.74. The highest BCUT2D eigenvalue weighted by Crippen LogP contribution is 2.25. The molecule has 18 heavy (non-hydrogen) atoms. The summed E-state index contributed by atoms with van der Waals surface area (Å²) >= 11 is 11.9. The van der Waals surface area contributed by atoms with Crippen LogP contribution in [-0.2, 0) is 13.5 Å². The number of nitrogens with zero attached hydrogens (tertiary/aromatic N) is 3. The van der Waals surface area contributed by atoms with Gasteiger partial charge in [-0.2, -0.15) is 5.10 Å². The molecule has 0 aromatic carbocycles. The van der Waals surface area contributed by atoms with Crippen LogP contribution in [0.5, 0.6) is 0 Å². The van der Waals surface area contributed by atoms with Gasteiger partial charge in [-0.25, -0.2) is 0 Å². The minimum Gasteiger partial charge on any atom is -0.386 e. The second-order valence-electron chi connectivity index (χ2n) is 4.09. The molecule has 4 nitrogen and oxygen atoms in total. The Morgan fingerprint density at radius 3 is 2.61 bits per heavy atom. The number of aliphatic hydroxyl groups is 1. The van der Waals surface area contributed by atoms with Gasteiger partial charge >= 0.3 is 0 Å². The van der Waals surface area contributed by atoms with Crippen LogP contribution < -0.4 is 0 Å². The van der Waals surface area contributed by atoms with Crippen molar-refractivity contribution >= 4 is 23.2 Å². The maximum absolute atomic E-state index is 10.1. The molecule has 2 aromatic heterocycles. The highest BCUT2D eigenvalue weighted by atomic mass is 35.5. The van der Waals surface area contributed by atoms with E-state index in [1.165, 1.54) is 6.20 Å². The third kappa shape index (κ3) is 2.66. The summed E-state index contributed by atoms with van der Waals surface area (Å²) in [5, 5.41) is 15.5. The molecule has 0 bridgehead atoms. The number of hydrogen-bond acceptors (Lipinski definition) is 3. The minimum atomic E-state index is -0.727. The molecule has 0 fully saturated rings. The van der Waals surface area contributed by atoms with Gasteiger partial charge in [-0.05, 0) is 19.1 Å². The quantitative estimate of drug-likeness (QED) is 0.943. The minimum absolute atomic E-state index is 0.366. The molecular formula is C12H13Cl2N3O. The first-order valence-corrected chi connectivity index (χ1v) is 6.22. The van der Waals surface area contributed by atoms with Crippen molar-refractivity contribution in [2.24, 2.45) is 7.05 Å². The van der Waals surface area contributed by atoms with E-state index >= 15 is 0 Å². The van der Waals surface area contributed by atoms with Crippen molar-refractivity contribution in [2.75, 3.05) is 0 Å². The van der Waals surface area contributed by atoms with Crippen LogP contribution in [0.3, 0.4) is 0 Å². The van der Waals surface area contributed by atoms with E-state index in [1.54, 1.807) is 23.9 Å². The lowest BCUT2D eigenvalue weighted by atomic mass is 10.1. The number of pyridine rings is 1. The molecule has 2 aromatic rings. The Kier molecular flexibility index (Phi) is 3.90. The summed E-state index contributed by atoms with van der Waals surface area (Å²) in [7, 11) is 1.80. The summed E-state index contributed by atoms with van der Waals surface area (Å²) in [6.07, 6.45) is 1.15. The van der Waals surface area contributed by atoms with Crippen molar-refractivity contribution in [1.29, 1.82) is 0 Å². The van der Waals surface area contributed by atoms with Crippen molar-refractivity contribution in [3.8, 4) is 0 Å². The van der Waals surface area contributed by atoms with Crippen molar-refractivity contribution < 1.29 is 5.11 Å². The summed E-state index contributed by atoms with van der Waals surface area (Å²) in [4.78, 5) is 4.09. The lowest BCUT2D eigenvalue weighted by molar-refractivity contribution is 0.171. The highest BCUT2D eigenvalue weighted by Gasteiger charge is 2.17. The predicted octanol–water partition coefficient (Wildman–Crippen LogP) is 2.71. The molecule has 0 aliphatic heterocycles. The molecule has 2 rings (SSSR count). The van der Waals surface area contributed by atoms with Gasteiger partial charge in [-0.1, -0.05) is 23.2 Å². The average Bonchev–Trinajstić information content (AvgIpc) is 2.57. The van der Waals surface area contributed by atoms with E-state index in [0.717, 1.165) is 11.4 Å². The zero-order valence-electron chi connectivity index (χ0n) is 10.1. The van der Waals surface area contributed by atoms with Gasteiger partial charge in [0.15, 0.2) is 0 Å². The largest absolute Gasteiger partial charge is 0.386 e. The first-order chi connectivity index (χ1) is 8.49. The summed E-state index contributed by atoms with van der Waals surface area (Å²) < 4.78 is 1.68. The molecule has 1 unspecified atom stereocenters. The first kappa shape index (κ1) is 13.3. The predicted molar refractivity (Wildman–Crippen MR) is 70.9 cm³/mol. The van der Waals surface area contributed by atoms with Gasteiger partial charge in [0.1, 0.15) is 6.10 Å². The molecule has 0 spiro atoms. The molecule has 6 heteroatoms. The van der Waals surface area contributed by atoms with Crippen molar-refractivity contribution in [1.82, 2.24) is 14.8 Å². The monoisotopic (exact) mass is 285 g/mol. The number of aliphatic hydroxyl groups excluding tert-OH is 1. The lowest BCUT2D eigenvalue weighted by Crippen LogP contribution is -2.08.